The van der Waals surface area contributed by atoms with E-state index < -0.39 is 0 Å². The lowest BCUT2D eigenvalue weighted by Gasteiger charge is -2.03. The first kappa shape index (κ1) is 15.3. The molecule has 1 aliphatic rings. The van der Waals surface area contributed by atoms with Crippen molar-refractivity contribution in [3.63, 3.8) is 0 Å². The molecule has 6 heteroatoms. The molecule has 2 aromatic heterocycles. The molecule has 3 aromatic rings. The van der Waals surface area contributed by atoms with E-state index in [4.69, 9.17) is 0 Å². The van der Waals surface area contributed by atoms with Gasteiger partial charge in [0.05, 0.1) is 17.1 Å². The topological polar surface area (TPSA) is 46.9 Å². The number of nitrogens with zero attached hydrogens (tertiary/aromatic N) is 2. The molecule has 1 saturated carbocycles. The first-order valence-electron chi connectivity index (χ1n) is 8.10. The maximum atomic E-state index is 13.0. The van der Waals surface area contributed by atoms with Crippen molar-refractivity contribution in [1.29, 1.82) is 0 Å². The van der Waals surface area contributed by atoms with Gasteiger partial charge in [0.2, 0.25) is 0 Å². The number of nitrogens with one attached hydrogen (secondary N) is 1. The zero-order chi connectivity index (χ0) is 16.7. The highest BCUT2D eigenvalue weighted by molar-refractivity contribution is 7.20. The fraction of sp³-hybridized carbons (Fsp3) is 0.333. The Labute approximate surface area is 143 Å². The Morgan fingerprint density at radius 1 is 1.38 bits per heavy atom. The summed E-state index contributed by atoms with van der Waals surface area (Å²) in [6, 6.07) is 8.35. The molecule has 0 spiro atoms. The molecular weight excluding hydrogens is 325 g/mol. The molecule has 2 heterocycles. The van der Waals surface area contributed by atoms with Gasteiger partial charge in [0, 0.05) is 11.9 Å². The fourth-order valence-electron chi connectivity index (χ4n) is 2.74. The lowest BCUT2D eigenvalue weighted by molar-refractivity contribution is 0.0956. The Bertz CT molecular complexity index is 893. The number of aryl methyl sites for hydroxylation is 1. The first-order valence-corrected chi connectivity index (χ1v) is 8.91. The highest BCUT2D eigenvalue weighted by Crippen LogP contribution is 2.30. The van der Waals surface area contributed by atoms with Gasteiger partial charge in [-0.1, -0.05) is 12.1 Å². The van der Waals surface area contributed by atoms with E-state index >= 15 is 0 Å². The summed E-state index contributed by atoms with van der Waals surface area (Å²) >= 11 is 1.46. The second-order valence-corrected chi connectivity index (χ2v) is 7.38. The summed E-state index contributed by atoms with van der Waals surface area (Å²) in [5.41, 5.74) is 1.89. The molecular formula is C18H18FN3OS. The summed E-state index contributed by atoms with van der Waals surface area (Å²) < 4.78 is 14.9. The van der Waals surface area contributed by atoms with Gasteiger partial charge in [0.15, 0.2) is 0 Å². The molecule has 4 nitrogen and oxygen atoms in total. The zero-order valence-corrected chi connectivity index (χ0v) is 14.2. The minimum Gasteiger partial charge on any atom is -0.351 e. The van der Waals surface area contributed by atoms with Crippen LogP contribution in [0, 0.1) is 18.7 Å². The maximum Gasteiger partial charge on any atom is 0.261 e. The third-order valence-corrected chi connectivity index (χ3v) is 5.47. The molecule has 4 rings (SSSR count). The van der Waals surface area contributed by atoms with Gasteiger partial charge in [-0.05, 0) is 49.4 Å². The average Bonchev–Trinajstić information content (AvgIpc) is 3.21. The van der Waals surface area contributed by atoms with E-state index in [1.807, 2.05) is 17.7 Å². The molecule has 1 amide bonds. The average molecular weight is 343 g/mol. The lowest BCUT2D eigenvalue weighted by atomic mass is 10.2. The molecule has 1 aliphatic carbocycles. The largest absolute Gasteiger partial charge is 0.351 e. The first-order chi connectivity index (χ1) is 11.6. The monoisotopic (exact) mass is 343 g/mol. The number of hydrogen-bond donors (Lipinski definition) is 1. The number of aromatic nitrogens is 2. The summed E-state index contributed by atoms with van der Waals surface area (Å²) in [6.07, 6.45) is 2.44. The number of carbonyl (C=O) groups excluding carboxylic acids is 1. The fourth-order valence-corrected chi connectivity index (χ4v) is 3.82. The van der Waals surface area contributed by atoms with Gasteiger partial charge < -0.3 is 5.32 Å². The van der Waals surface area contributed by atoms with Crippen molar-refractivity contribution in [3.8, 4) is 0 Å². The normalized spacial score (nSPS) is 14.2. The van der Waals surface area contributed by atoms with Crippen LogP contribution in [0.3, 0.4) is 0 Å². The number of fused-ring (bicyclic) bond motifs is 1. The van der Waals surface area contributed by atoms with E-state index in [9.17, 15) is 9.18 Å². The molecule has 0 bridgehead atoms. The highest BCUT2D eigenvalue weighted by atomic mass is 32.1. The maximum absolute atomic E-state index is 13.0. The van der Waals surface area contributed by atoms with E-state index in [-0.39, 0.29) is 11.7 Å². The number of carbonyl (C=O) groups is 1. The minimum absolute atomic E-state index is 0.00386. The number of amides is 1. The lowest BCUT2D eigenvalue weighted by Crippen LogP contribution is -2.24. The van der Waals surface area contributed by atoms with E-state index in [0.29, 0.717) is 12.5 Å². The molecule has 0 atom stereocenters. The number of halogens is 1. The molecule has 0 unspecified atom stereocenters. The molecule has 1 fully saturated rings. The molecule has 1 aromatic carbocycles. The van der Waals surface area contributed by atoms with Crippen molar-refractivity contribution >= 4 is 27.5 Å². The summed E-state index contributed by atoms with van der Waals surface area (Å²) in [5.74, 6) is 0.418. The van der Waals surface area contributed by atoms with Crippen LogP contribution in [0.1, 0.15) is 33.8 Å². The van der Waals surface area contributed by atoms with Crippen molar-refractivity contribution < 1.29 is 9.18 Å². The van der Waals surface area contributed by atoms with Crippen molar-refractivity contribution in [2.75, 3.05) is 6.54 Å². The third kappa shape index (κ3) is 3.06. The number of thiophene rings is 1. The summed E-state index contributed by atoms with van der Waals surface area (Å²) in [5, 5.41) is 8.57. The highest BCUT2D eigenvalue weighted by Gasteiger charge is 2.23. The Kier molecular flexibility index (Phi) is 3.84. The van der Waals surface area contributed by atoms with Crippen LogP contribution in [-0.4, -0.2) is 22.2 Å². The van der Waals surface area contributed by atoms with Gasteiger partial charge in [-0.3, -0.25) is 9.48 Å². The van der Waals surface area contributed by atoms with Gasteiger partial charge in [-0.25, -0.2) is 4.39 Å². The van der Waals surface area contributed by atoms with Crippen LogP contribution >= 0.6 is 11.3 Å². The Morgan fingerprint density at radius 3 is 2.83 bits per heavy atom. The van der Waals surface area contributed by atoms with E-state index in [2.05, 4.69) is 10.4 Å². The Balaban J connectivity index is 1.59. The van der Waals surface area contributed by atoms with E-state index in [1.165, 1.54) is 36.3 Å². The van der Waals surface area contributed by atoms with Gasteiger partial charge in [-0.2, -0.15) is 5.10 Å². The Morgan fingerprint density at radius 2 is 2.12 bits per heavy atom. The third-order valence-electron chi connectivity index (χ3n) is 4.33. The van der Waals surface area contributed by atoms with Gasteiger partial charge in [0.1, 0.15) is 10.6 Å². The van der Waals surface area contributed by atoms with Crippen LogP contribution in [0.2, 0.25) is 0 Å². The molecule has 124 valence electrons. The number of benzene rings is 1. The predicted molar refractivity (Wildman–Crippen MR) is 92.9 cm³/mol. The predicted octanol–water partition coefficient (Wildman–Crippen LogP) is 3.73. The smallest absolute Gasteiger partial charge is 0.261 e. The summed E-state index contributed by atoms with van der Waals surface area (Å²) in [6.45, 7) is 3.28. The summed E-state index contributed by atoms with van der Waals surface area (Å²) in [7, 11) is 0. The van der Waals surface area contributed by atoms with Crippen molar-refractivity contribution in [2.24, 2.45) is 5.92 Å². The van der Waals surface area contributed by atoms with Gasteiger partial charge >= 0.3 is 0 Å². The van der Waals surface area contributed by atoms with Gasteiger partial charge in [-0.15, -0.1) is 11.3 Å². The SMILES string of the molecule is Cc1nn(Cc2ccc(F)cc2)c2sc(C(=O)NCC3CC3)cc12. The minimum atomic E-state index is -0.244. The molecule has 24 heavy (non-hydrogen) atoms. The van der Waals surface area contributed by atoms with Crippen LogP contribution in [0.5, 0.6) is 0 Å². The van der Waals surface area contributed by atoms with Crippen molar-refractivity contribution in [3.05, 3.63) is 52.3 Å². The zero-order valence-electron chi connectivity index (χ0n) is 13.4. The standard InChI is InChI=1S/C18H18FN3OS/c1-11-15-8-16(17(23)20-9-12-2-3-12)24-18(15)22(21-11)10-13-4-6-14(19)7-5-13/h4-8,12H,2-3,9-10H2,1H3,(H,20,23). The van der Waals surface area contributed by atoms with Crippen LogP contribution in [-0.2, 0) is 6.54 Å². The van der Waals surface area contributed by atoms with Crippen molar-refractivity contribution in [1.82, 2.24) is 15.1 Å². The second-order valence-electron chi connectivity index (χ2n) is 6.35. The summed E-state index contributed by atoms with van der Waals surface area (Å²) in [4.78, 5) is 14.0. The van der Waals surface area contributed by atoms with Crippen LogP contribution < -0.4 is 5.32 Å². The van der Waals surface area contributed by atoms with E-state index in [1.54, 1.807) is 12.1 Å². The number of hydrogen-bond acceptors (Lipinski definition) is 3. The van der Waals surface area contributed by atoms with Crippen LogP contribution in [0.4, 0.5) is 4.39 Å². The molecule has 0 aliphatic heterocycles. The molecule has 0 saturated heterocycles. The molecule has 1 N–H and O–H groups in total. The quantitative estimate of drug-likeness (QED) is 0.767. The Hall–Kier alpha value is -2.21. The number of rotatable bonds is 5. The van der Waals surface area contributed by atoms with Crippen LogP contribution in [0.15, 0.2) is 30.3 Å². The van der Waals surface area contributed by atoms with E-state index in [0.717, 1.165) is 32.9 Å². The second kappa shape index (κ2) is 6.02. The van der Waals surface area contributed by atoms with Crippen molar-refractivity contribution in [2.45, 2.75) is 26.3 Å². The van der Waals surface area contributed by atoms with Crippen LogP contribution in [0.25, 0.3) is 10.2 Å². The molecule has 0 radical (unpaired) electrons. The van der Waals surface area contributed by atoms with Gasteiger partial charge in [0.25, 0.3) is 5.91 Å².